The Labute approximate surface area is 532 Å². The minimum absolute atomic E-state index is 0.0889. The summed E-state index contributed by atoms with van der Waals surface area (Å²) in [5.41, 5.74) is 0. The van der Waals surface area contributed by atoms with Crippen LogP contribution in [0.25, 0.3) is 0 Å². The van der Waals surface area contributed by atoms with Crippen LogP contribution in [0.3, 0.4) is 0 Å². The molecule has 0 bridgehead atoms. The molecule has 0 aromatic rings. The number of ether oxygens (including phenoxy) is 3. The van der Waals surface area contributed by atoms with Gasteiger partial charge in [0.15, 0.2) is 12.4 Å². The van der Waals surface area contributed by atoms with Crippen LogP contribution in [-0.2, 0) is 23.8 Å². The van der Waals surface area contributed by atoms with E-state index in [-0.39, 0.29) is 19.4 Å². The first-order valence-electron chi connectivity index (χ1n) is 35.7. The zero-order chi connectivity index (χ0) is 63.1. The van der Waals surface area contributed by atoms with Crippen LogP contribution in [0.4, 0.5) is 0 Å². The molecule has 1 amide bonds. The minimum atomic E-state index is -1.63. The van der Waals surface area contributed by atoms with Gasteiger partial charge in [0.2, 0.25) is 5.91 Å². The molecule has 1 aliphatic heterocycles. The second-order valence-corrected chi connectivity index (χ2v) is 24.2. The molecule has 1 heterocycles. The smallest absolute Gasteiger partial charge is 0.306 e. The summed E-state index contributed by atoms with van der Waals surface area (Å²) in [7, 11) is 0. The fourth-order valence-electron chi connectivity index (χ4n) is 10.6. The quantitative estimate of drug-likeness (QED) is 0.0195. The third-order valence-electron chi connectivity index (χ3n) is 16.2. The first-order chi connectivity index (χ1) is 42.7. The van der Waals surface area contributed by atoms with Gasteiger partial charge >= 0.3 is 5.97 Å². The van der Waals surface area contributed by atoms with E-state index < -0.39 is 67.4 Å². The molecule has 0 aliphatic carbocycles. The maximum Gasteiger partial charge on any atom is 0.306 e. The topological polar surface area (TPSA) is 175 Å². The lowest BCUT2D eigenvalue weighted by molar-refractivity contribution is -0.305. The number of aliphatic hydroxyl groups is 5. The Hall–Kier alpha value is -3.68. The average molecular weight is 1220 g/mol. The van der Waals surface area contributed by atoms with E-state index >= 15 is 0 Å². The third kappa shape index (κ3) is 49.7. The number of aliphatic hydroxyl groups excluding tert-OH is 5. The molecule has 0 aromatic heterocycles. The summed E-state index contributed by atoms with van der Waals surface area (Å²) < 4.78 is 17.7. The molecule has 0 spiro atoms. The van der Waals surface area contributed by atoms with Crippen molar-refractivity contribution in [2.75, 3.05) is 13.2 Å². The SMILES string of the molecule is CC/C=C\C/C=C\C/C=C\C/C=C\C/C=C\C/C=C\CCCCCCC(=O)OC1C(OCC(NC(=O)C(O)CCCCCCCCCCCCCC/C=C\C/C=C\CCCCC)C(O)/C=C/CCCCCCCCCCCCC)OC(CO)C(O)C1O. The number of carbonyl (C=O) groups excluding carboxylic acids is 2. The van der Waals surface area contributed by atoms with Gasteiger partial charge in [-0.05, 0) is 109 Å². The van der Waals surface area contributed by atoms with Gasteiger partial charge in [-0.25, -0.2) is 0 Å². The summed E-state index contributed by atoms with van der Waals surface area (Å²) in [6.45, 7) is 5.66. The van der Waals surface area contributed by atoms with Gasteiger partial charge in [0, 0.05) is 6.42 Å². The second-order valence-electron chi connectivity index (χ2n) is 24.2. The predicted octanol–water partition coefficient (Wildman–Crippen LogP) is 18.4. The Morgan fingerprint density at radius 3 is 1.26 bits per heavy atom. The minimum Gasteiger partial charge on any atom is -0.454 e. The summed E-state index contributed by atoms with van der Waals surface area (Å²) >= 11 is 0. The number of carbonyl (C=O) groups is 2. The molecule has 11 nitrogen and oxygen atoms in total. The molecule has 1 aliphatic rings. The van der Waals surface area contributed by atoms with Gasteiger partial charge in [-0.3, -0.25) is 9.59 Å². The number of unbranched alkanes of at least 4 members (excludes halogenated alkanes) is 30. The second kappa shape index (κ2) is 62.5. The lowest BCUT2D eigenvalue weighted by Gasteiger charge is -2.41. The molecule has 0 saturated carbocycles. The number of hydrogen-bond acceptors (Lipinski definition) is 10. The van der Waals surface area contributed by atoms with Crippen molar-refractivity contribution < 1.29 is 49.3 Å². The molecule has 500 valence electrons. The van der Waals surface area contributed by atoms with Gasteiger partial charge < -0.3 is 45.1 Å². The molecule has 0 radical (unpaired) electrons. The Morgan fingerprint density at radius 1 is 0.460 bits per heavy atom. The van der Waals surface area contributed by atoms with E-state index in [1.807, 2.05) is 6.08 Å². The van der Waals surface area contributed by atoms with Crippen LogP contribution in [0.5, 0.6) is 0 Å². The highest BCUT2D eigenvalue weighted by Crippen LogP contribution is 2.26. The summed E-state index contributed by atoms with van der Waals surface area (Å²) in [5, 5.41) is 57.3. The van der Waals surface area contributed by atoms with E-state index in [4.69, 9.17) is 14.2 Å². The van der Waals surface area contributed by atoms with Gasteiger partial charge in [-0.15, -0.1) is 0 Å². The maximum absolute atomic E-state index is 13.5. The Kier molecular flexibility index (Phi) is 58.4. The lowest BCUT2D eigenvalue weighted by atomic mass is 9.99. The number of rotatable bonds is 60. The number of allylic oxidation sites excluding steroid dienone is 17. The van der Waals surface area contributed by atoms with Crippen LogP contribution >= 0.6 is 0 Å². The highest BCUT2D eigenvalue weighted by atomic mass is 16.7. The predicted molar refractivity (Wildman–Crippen MR) is 365 cm³/mol. The van der Waals surface area contributed by atoms with Crippen LogP contribution in [-0.4, -0.2) is 99.6 Å². The number of hydrogen-bond donors (Lipinski definition) is 6. The number of nitrogens with one attached hydrogen (secondary N) is 1. The fraction of sp³-hybridized carbons (Fsp3) is 0.737. The molecule has 1 fully saturated rings. The first kappa shape index (κ1) is 81.3. The Bertz CT molecular complexity index is 1830. The summed E-state index contributed by atoms with van der Waals surface area (Å²) in [4.78, 5) is 26.7. The largest absolute Gasteiger partial charge is 0.454 e. The average Bonchev–Trinajstić information content (AvgIpc) is 2.32. The van der Waals surface area contributed by atoms with Crippen LogP contribution in [0.2, 0.25) is 0 Å². The number of amides is 1. The first-order valence-corrected chi connectivity index (χ1v) is 35.7. The molecule has 8 atom stereocenters. The van der Waals surface area contributed by atoms with Gasteiger partial charge in [0.25, 0.3) is 0 Å². The zero-order valence-corrected chi connectivity index (χ0v) is 55.6. The van der Waals surface area contributed by atoms with Gasteiger partial charge in [-0.2, -0.15) is 0 Å². The maximum atomic E-state index is 13.5. The van der Waals surface area contributed by atoms with Crippen molar-refractivity contribution >= 4 is 11.9 Å². The van der Waals surface area contributed by atoms with Crippen molar-refractivity contribution in [1.82, 2.24) is 5.32 Å². The molecule has 87 heavy (non-hydrogen) atoms. The highest BCUT2D eigenvalue weighted by Gasteiger charge is 2.47. The van der Waals surface area contributed by atoms with Crippen molar-refractivity contribution in [2.45, 2.75) is 346 Å². The van der Waals surface area contributed by atoms with E-state index in [2.05, 4.69) is 123 Å². The molecule has 11 heteroatoms. The summed E-state index contributed by atoms with van der Waals surface area (Å²) in [6, 6.07) is -1.04. The van der Waals surface area contributed by atoms with Gasteiger partial charge in [0.1, 0.15) is 24.4 Å². The zero-order valence-electron chi connectivity index (χ0n) is 55.6. The van der Waals surface area contributed by atoms with Crippen LogP contribution in [0.15, 0.2) is 109 Å². The third-order valence-corrected chi connectivity index (χ3v) is 16.2. The molecular formula is C76H131NO10. The molecule has 1 rings (SSSR count). The van der Waals surface area contributed by atoms with Gasteiger partial charge in [-0.1, -0.05) is 291 Å². The normalized spacial score (nSPS) is 18.9. The van der Waals surface area contributed by atoms with E-state index in [1.54, 1.807) is 6.08 Å². The van der Waals surface area contributed by atoms with Crippen LogP contribution < -0.4 is 5.32 Å². The molecule has 8 unspecified atom stereocenters. The monoisotopic (exact) mass is 1220 g/mol. The Morgan fingerprint density at radius 2 is 0.828 bits per heavy atom. The van der Waals surface area contributed by atoms with Crippen molar-refractivity contribution in [3.8, 4) is 0 Å². The molecule has 0 aromatic carbocycles. The number of esters is 1. The molecule has 1 saturated heterocycles. The van der Waals surface area contributed by atoms with Gasteiger partial charge in [0.05, 0.1) is 25.4 Å². The lowest BCUT2D eigenvalue weighted by Crippen LogP contribution is -2.61. The van der Waals surface area contributed by atoms with Crippen molar-refractivity contribution in [3.05, 3.63) is 109 Å². The Balaban J connectivity index is 2.62. The van der Waals surface area contributed by atoms with Crippen molar-refractivity contribution in [3.63, 3.8) is 0 Å². The highest BCUT2D eigenvalue weighted by molar-refractivity contribution is 5.80. The van der Waals surface area contributed by atoms with E-state index in [1.165, 1.54) is 141 Å². The fourth-order valence-corrected chi connectivity index (χ4v) is 10.6. The van der Waals surface area contributed by atoms with E-state index in [0.717, 1.165) is 109 Å². The van der Waals surface area contributed by atoms with Crippen molar-refractivity contribution in [2.24, 2.45) is 0 Å². The van der Waals surface area contributed by atoms with Crippen molar-refractivity contribution in [1.29, 1.82) is 0 Å². The summed E-state index contributed by atoms with van der Waals surface area (Å²) in [6.07, 6.45) is 75.4. The molecule has 6 N–H and O–H groups in total. The van der Waals surface area contributed by atoms with E-state index in [0.29, 0.717) is 12.8 Å². The van der Waals surface area contributed by atoms with Crippen LogP contribution in [0, 0.1) is 0 Å². The van der Waals surface area contributed by atoms with Crippen LogP contribution in [0.1, 0.15) is 297 Å². The standard InChI is InChI=1S/C76H131NO10/c1-4-7-10-13-16-19-22-25-27-29-31-33-35-37-39-41-43-46-49-52-55-58-61-64-71(81)87-74-73(83)72(82)70(65-78)86-76(74)85-66-67(68(79)62-59-56-53-50-47-44-24-21-18-15-12-9-6-3)77-75(84)69(80)63-60-57-54-51-48-45-42-40-38-36-34-32-30-28-26-23-20-17-14-11-8-5-2/h7,10,16-17,19-20,25-28,31,33,37,39,43,46,59,62,67-70,72-74,76,78-80,82-83H,4-6,8-9,11-15,18,21-24,29-30,32,34-36,38,40-42,44-45,47-58,60-61,63-66H2,1-3H3,(H,77,84)/b10-7-,19-16-,20-17-,27-25-,28-26-,33-31-,39-37-,46-43-,62-59+. The van der Waals surface area contributed by atoms with E-state index in [9.17, 15) is 35.1 Å². The summed E-state index contributed by atoms with van der Waals surface area (Å²) in [5.74, 6) is -1.22. The molecular weight excluding hydrogens is 1090 g/mol.